The van der Waals surface area contributed by atoms with Gasteiger partial charge >= 0.3 is 0 Å². The minimum absolute atomic E-state index is 0. The number of halogens is 2. The molecule has 30 heavy (non-hydrogen) atoms. The average Bonchev–Trinajstić information content (AvgIpc) is 2.76. The zero-order valence-corrected chi connectivity index (χ0v) is 19.6. The standard InChI is InChI=1S/C22H29FN4O2.HI/c1-24-22(25-13-17-6-7-21(23)20(12-17)16-28)26-14-18-4-2-3-5-19(18)15-27-8-10-29-11-9-27;/h2-7,12,28H,8-11,13-16H2,1H3,(H2,24,25,26);1H. The van der Waals surface area contributed by atoms with Crippen molar-refractivity contribution in [2.75, 3.05) is 33.4 Å². The van der Waals surface area contributed by atoms with Gasteiger partial charge in [0.2, 0.25) is 0 Å². The number of aliphatic imine (C=N–C) groups is 1. The molecule has 0 bridgehead atoms. The maximum Gasteiger partial charge on any atom is 0.191 e. The van der Waals surface area contributed by atoms with Gasteiger partial charge in [0.1, 0.15) is 5.82 Å². The first-order valence-electron chi connectivity index (χ1n) is 9.89. The van der Waals surface area contributed by atoms with E-state index in [0.29, 0.717) is 24.6 Å². The second kappa shape index (κ2) is 12.8. The van der Waals surface area contributed by atoms with Crippen LogP contribution in [-0.4, -0.2) is 49.3 Å². The smallest absolute Gasteiger partial charge is 0.191 e. The van der Waals surface area contributed by atoms with Gasteiger partial charge in [-0.1, -0.05) is 30.3 Å². The Morgan fingerprint density at radius 1 is 1.07 bits per heavy atom. The molecule has 3 rings (SSSR count). The Morgan fingerprint density at radius 2 is 1.77 bits per heavy atom. The molecular weight excluding hydrogens is 498 g/mol. The number of hydrogen-bond acceptors (Lipinski definition) is 4. The van der Waals surface area contributed by atoms with Gasteiger partial charge in [0.05, 0.1) is 19.8 Å². The molecule has 6 nitrogen and oxygen atoms in total. The van der Waals surface area contributed by atoms with Gasteiger partial charge in [0, 0.05) is 45.3 Å². The third-order valence-corrected chi connectivity index (χ3v) is 5.03. The number of guanidine groups is 1. The van der Waals surface area contributed by atoms with Gasteiger partial charge in [-0.25, -0.2) is 4.39 Å². The van der Waals surface area contributed by atoms with Crippen molar-refractivity contribution in [3.8, 4) is 0 Å². The first kappa shape index (κ1) is 24.5. The van der Waals surface area contributed by atoms with E-state index in [4.69, 9.17) is 4.74 Å². The minimum atomic E-state index is -0.393. The Bertz CT molecular complexity index is 829. The van der Waals surface area contributed by atoms with Crippen LogP contribution in [0, 0.1) is 5.82 Å². The third kappa shape index (κ3) is 7.19. The third-order valence-electron chi connectivity index (χ3n) is 5.03. The van der Waals surface area contributed by atoms with Crippen LogP contribution in [-0.2, 0) is 31.0 Å². The molecule has 0 atom stereocenters. The van der Waals surface area contributed by atoms with E-state index < -0.39 is 5.82 Å². The Labute approximate surface area is 194 Å². The van der Waals surface area contributed by atoms with Gasteiger partial charge in [-0.3, -0.25) is 9.89 Å². The topological polar surface area (TPSA) is 69.1 Å². The Morgan fingerprint density at radius 3 is 2.47 bits per heavy atom. The highest BCUT2D eigenvalue weighted by molar-refractivity contribution is 14.0. The summed E-state index contributed by atoms with van der Waals surface area (Å²) < 4.78 is 19.0. The van der Waals surface area contributed by atoms with Crippen LogP contribution in [0.4, 0.5) is 4.39 Å². The van der Waals surface area contributed by atoms with Crippen molar-refractivity contribution < 1.29 is 14.2 Å². The molecular formula is C22H30FIN4O2. The Balaban J connectivity index is 0.00000320. The fourth-order valence-corrected chi connectivity index (χ4v) is 3.33. The first-order valence-corrected chi connectivity index (χ1v) is 9.89. The maximum atomic E-state index is 13.5. The monoisotopic (exact) mass is 528 g/mol. The second-order valence-electron chi connectivity index (χ2n) is 7.02. The molecule has 0 aliphatic carbocycles. The molecule has 0 aromatic heterocycles. The summed E-state index contributed by atoms with van der Waals surface area (Å²) in [6.45, 7) is 5.24. The summed E-state index contributed by atoms with van der Waals surface area (Å²) in [5.74, 6) is 0.275. The molecule has 0 radical (unpaired) electrons. The van der Waals surface area contributed by atoms with Crippen LogP contribution in [0.2, 0.25) is 0 Å². The summed E-state index contributed by atoms with van der Waals surface area (Å²) in [4.78, 5) is 6.67. The largest absolute Gasteiger partial charge is 0.392 e. The van der Waals surface area contributed by atoms with Crippen molar-refractivity contribution in [2.24, 2.45) is 4.99 Å². The van der Waals surface area contributed by atoms with Crippen molar-refractivity contribution in [1.29, 1.82) is 0 Å². The quantitative estimate of drug-likeness (QED) is 0.293. The number of aliphatic hydroxyl groups excluding tert-OH is 1. The zero-order chi connectivity index (χ0) is 20.5. The number of ether oxygens (including phenoxy) is 1. The maximum absolute atomic E-state index is 13.5. The highest BCUT2D eigenvalue weighted by Gasteiger charge is 2.13. The van der Waals surface area contributed by atoms with Crippen molar-refractivity contribution in [2.45, 2.75) is 26.2 Å². The van der Waals surface area contributed by atoms with Crippen molar-refractivity contribution in [3.05, 3.63) is 70.5 Å². The first-order chi connectivity index (χ1) is 14.2. The van der Waals surface area contributed by atoms with Gasteiger partial charge in [0.25, 0.3) is 0 Å². The highest BCUT2D eigenvalue weighted by atomic mass is 127. The van der Waals surface area contributed by atoms with E-state index in [1.165, 1.54) is 17.2 Å². The van der Waals surface area contributed by atoms with Crippen molar-refractivity contribution >= 4 is 29.9 Å². The molecule has 3 N–H and O–H groups in total. The molecule has 1 saturated heterocycles. The lowest BCUT2D eigenvalue weighted by atomic mass is 10.1. The number of benzene rings is 2. The predicted octanol–water partition coefficient (Wildman–Crippen LogP) is 2.63. The molecule has 1 heterocycles. The average molecular weight is 528 g/mol. The molecule has 1 aliphatic heterocycles. The number of aliphatic hydroxyl groups is 1. The molecule has 1 fully saturated rings. The summed E-state index contributed by atoms with van der Waals surface area (Å²) in [5.41, 5.74) is 3.70. The highest BCUT2D eigenvalue weighted by Crippen LogP contribution is 2.13. The van der Waals surface area contributed by atoms with Crippen LogP contribution in [0.5, 0.6) is 0 Å². The van der Waals surface area contributed by atoms with Gasteiger partial charge in [-0.15, -0.1) is 24.0 Å². The van der Waals surface area contributed by atoms with E-state index >= 15 is 0 Å². The number of morpholine rings is 1. The van der Waals surface area contributed by atoms with E-state index in [9.17, 15) is 9.50 Å². The molecule has 2 aromatic rings. The van der Waals surface area contributed by atoms with Gasteiger partial charge in [-0.2, -0.15) is 0 Å². The molecule has 0 amide bonds. The van der Waals surface area contributed by atoms with E-state index in [-0.39, 0.29) is 30.6 Å². The molecule has 0 spiro atoms. The summed E-state index contributed by atoms with van der Waals surface area (Å²) in [7, 11) is 1.72. The fourth-order valence-electron chi connectivity index (χ4n) is 3.33. The fraction of sp³-hybridized carbons (Fsp3) is 0.409. The van der Waals surface area contributed by atoms with Crippen LogP contribution in [0.25, 0.3) is 0 Å². The molecule has 0 unspecified atom stereocenters. The summed E-state index contributed by atoms with van der Waals surface area (Å²) >= 11 is 0. The van der Waals surface area contributed by atoms with Crippen LogP contribution < -0.4 is 10.6 Å². The van der Waals surface area contributed by atoms with Crippen LogP contribution >= 0.6 is 24.0 Å². The molecule has 8 heteroatoms. The molecule has 0 saturated carbocycles. The minimum Gasteiger partial charge on any atom is -0.392 e. The van der Waals surface area contributed by atoms with Gasteiger partial charge in [0.15, 0.2) is 5.96 Å². The molecule has 1 aliphatic rings. The number of nitrogens with one attached hydrogen (secondary N) is 2. The summed E-state index contributed by atoms with van der Waals surface area (Å²) in [6.07, 6.45) is 0. The Hall–Kier alpha value is -1.75. The van der Waals surface area contributed by atoms with Gasteiger partial charge in [-0.05, 0) is 28.8 Å². The molecule has 164 valence electrons. The SMILES string of the molecule is CN=C(NCc1ccc(F)c(CO)c1)NCc1ccccc1CN1CCOCC1.I. The lowest BCUT2D eigenvalue weighted by molar-refractivity contribution is 0.0341. The second-order valence-corrected chi connectivity index (χ2v) is 7.02. The number of nitrogens with zero attached hydrogens (tertiary/aromatic N) is 2. The summed E-state index contributed by atoms with van der Waals surface area (Å²) in [5, 5.41) is 15.8. The van der Waals surface area contributed by atoms with Crippen molar-refractivity contribution in [1.82, 2.24) is 15.5 Å². The predicted molar refractivity (Wildman–Crippen MR) is 127 cm³/mol. The van der Waals surface area contributed by atoms with E-state index in [2.05, 4.69) is 38.7 Å². The lowest BCUT2D eigenvalue weighted by Gasteiger charge is -2.27. The number of hydrogen-bond donors (Lipinski definition) is 3. The summed E-state index contributed by atoms with van der Waals surface area (Å²) in [6, 6.07) is 13.1. The van der Waals surface area contributed by atoms with Crippen molar-refractivity contribution in [3.63, 3.8) is 0 Å². The van der Waals surface area contributed by atoms with E-state index in [1.807, 2.05) is 6.07 Å². The van der Waals surface area contributed by atoms with Gasteiger partial charge < -0.3 is 20.5 Å². The van der Waals surface area contributed by atoms with Crippen LogP contribution in [0.3, 0.4) is 0 Å². The van der Waals surface area contributed by atoms with E-state index in [0.717, 1.165) is 38.4 Å². The number of rotatable bonds is 7. The van der Waals surface area contributed by atoms with E-state index in [1.54, 1.807) is 19.2 Å². The zero-order valence-electron chi connectivity index (χ0n) is 17.2. The Kier molecular flexibility index (Phi) is 10.5. The lowest BCUT2D eigenvalue weighted by Crippen LogP contribution is -2.37. The molecule has 2 aromatic carbocycles. The van der Waals surface area contributed by atoms with Crippen LogP contribution in [0.1, 0.15) is 22.3 Å². The van der Waals surface area contributed by atoms with Crippen LogP contribution in [0.15, 0.2) is 47.5 Å². The normalized spacial score (nSPS) is 14.8.